The van der Waals surface area contributed by atoms with E-state index in [1.165, 1.54) is 13.1 Å². The number of rotatable bonds is 3. The number of ether oxygens (including phenoxy) is 1. The van der Waals surface area contributed by atoms with Gasteiger partial charge in [-0.25, -0.2) is 0 Å². The Labute approximate surface area is 129 Å². The van der Waals surface area contributed by atoms with E-state index in [1.54, 1.807) is 6.07 Å². The molecule has 116 valence electrons. The standard InChI is InChI=1S/C15H21ClN2O3/c1-9-6-18(7-10(2)21-9)8-11-4-12(16)5-13(14(11)19)15(20)17-3/h4-5,9-10,19H,6-8H2,1-3H3,(H,17,20)/t9-,10?/m1/s1. The van der Waals surface area contributed by atoms with Gasteiger partial charge in [0.05, 0.1) is 17.8 Å². The Kier molecular flexibility index (Phi) is 5.08. The van der Waals surface area contributed by atoms with Gasteiger partial charge in [-0.2, -0.15) is 0 Å². The molecule has 1 aromatic carbocycles. The van der Waals surface area contributed by atoms with Crippen molar-refractivity contribution in [3.63, 3.8) is 0 Å². The van der Waals surface area contributed by atoms with E-state index >= 15 is 0 Å². The minimum atomic E-state index is -0.347. The molecule has 6 heteroatoms. The van der Waals surface area contributed by atoms with E-state index in [1.807, 2.05) is 13.8 Å². The average molecular weight is 313 g/mol. The van der Waals surface area contributed by atoms with Gasteiger partial charge in [0.15, 0.2) is 0 Å². The molecule has 0 aliphatic carbocycles. The molecular weight excluding hydrogens is 292 g/mol. The van der Waals surface area contributed by atoms with Gasteiger partial charge in [-0.05, 0) is 26.0 Å². The summed E-state index contributed by atoms with van der Waals surface area (Å²) in [5.41, 5.74) is 0.858. The first kappa shape index (κ1) is 16.1. The predicted octanol–water partition coefficient (Wildman–Crippen LogP) is 2.01. The highest BCUT2D eigenvalue weighted by Gasteiger charge is 2.24. The number of halogens is 1. The number of nitrogens with zero attached hydrogens (tertiary/aromatic N) is 1. The Morgan fingerprint density at radius 2 is 2.05 bits per heavy atom. The summed E-state index contributed by atoms with van der Waals surface area (Å²) < 4.78 is 5.69. The lowest BCUT2D eigenvalue weighted by Gasteiger charge is -2.35. The zero-order valence-electron chi connectivity index (χ0n) is 12.5. The molecule has 2 N–H and O–H groups in total. The fourth-order valence-corrected chi connectivity index (χ4v) is 2.98. The maximum Gasteiger partial charge on any atom is 0.254 e. The minimum Gasteiger partial charge on any atom is -0.507 e. The number of morpholine rings is 1. The van der Waals surface area contributed by atoms with E-state index in [0.717, 1.165) is 13.1 Å². The molecule has 0 saturated carbocycles. The molecule has 0 radical (unpaired) electrons. The molecule has 0 bridgehead atoms. The van der Waals surface area contributed by atoms with Crippen LogP contribution in [-0.2, 0) is 11.3 Å². The summed E-state index contributed by atoms with van der Waals surface area (Å²) in [6.07, 6.45) is 0.293. The maximum absolute atomic E-state index is 11.8. The smallest absolute Gasteiger partial charge is 0.254 e. The fourth-order valence-electron chi connectivity index (χ4n) is 2.74. The lowest BCUT2D eigenvalue weighted by Crippen LogP contribution is -2.44. The van der Waals surface area contributed by atoms with Gasteiger partial charge in [0.1, 0.15) is 5.75 Å². The summed E-state index contributed by atoms with van der Waals surface area (Å²) in [6.45, 7) is 6.15. The second-order valence-corrected chi connectivity index (χ2v) is 5.93. The Hall–Kier alpha value is -1.30. The first-order valence-corrected chi connectivity index (χ1v) is 7.39. The van der Waals surface area contributed by atoms with Crippen LogP contribution in [0.4, 0.5) is 0 Å². The van der Waals surface area contributed by atoms with Crippen LogP contribution in [0.3, 0.4) is 0 Å². The number of carbonyl (C=O) groups is 1. The Morgan fingerprint density at radius 1 is 1.43 bits per heavy atom. The fraction of sp³-hybridized carbons (Fsp3) is 0.533. The lowest BCUT2D eigenvalue weighted by molar-refractivity contribution is -0.0706. The molecule has 0 aromatic heterocycles. The number of phenolic OH excluding ortho intramolecular Hbond substituents is 1. The number of hydrogen-bond donors (Lipinski definition) is 2. The molecule has 1 fully saturated rings. The molecular formula is C15H21ClN2O3. The van der Waals surface area contributed by atoms with Crippen LogP contribution in [0, 0.1) is 0 Å². The third-order valence-electron chi connectivity index (χ3n) is 3.51. The predicted molar refractivity (Wildman–Crippen MR) is 81.8 cm³/mol. The van der Waals surface area contributed by atoms with Crippen LogP contribution in [-0.4, -0.2) is 48.3 Å². The largest absolute Gasteiger partial charge is 0.507 e. The summed E-state index contributed by atoms with van der Waals surface area (Å²) in [5, 5.41) is 13.2. The van der Waals surface area contributed by atoms with Crippen LogP contribution in [0.2, 0.25) is 5.02 Å². The molecule has 1 heterocycles. The van der Waals surface area contributed by atoms with Crippen molar-refractivity contribution in [3.8, 4) is 5.75 Å². The number of nitrogens with one attached hydrogen (secondary N) is 1. The molecule has 1 aliphatic rings. The van der Waals surface area contributed by atoms with Crippen molar-refractivity contribution in [3.05, 3.63) is 28.3 Å². The zero-order chi connectivity index (χ0) is 15.6. The highest BCUT2D eigenvalue weighted by atomic mass is 35.5. The number of hydrogen-bond acceptors (Lipinski definition) is 4. The molecule has 0 spiro atoms. The molecule has 5 nitrogen and oxygen atoms in total. The monoisotopic (exact) mass is 312 g/mol. The van der Waals surface area contributed by atoms with Crippen molar-refractivity contribution in [2.45, 2.75) is 32.6 Å². The summed E-state index contributed by atoms with van der Waals surface area (Å²) in [7, 11) is 1.52. The molecule has 1 aliphatic heterocycles. The van der Waals surface area contributed by atoms with Gasteiger partial charge in [-0.15, -0.1) is 0 Å². The van der Waals surface area contributed by atoms with Crippen LogP contribution in [0.15, 0.2) is 12.1 Å². The molecule has 2 rings (SSSR count). The van der Waals surface area contributed by atoms with Crippen LogP contribution < -0.4 is 5.32 Å². The zero-order valence-corrected chi connectivity index (χ0v) is 13.3. The van der Waals surface area contributed by atoms with E-state index in [4.69, 9.17) is 16.3 Å². The molecule has 1 aromatic rings. The number of amides is 1. The molecule has 2 atom stereocenters. The van der Waals surface area contributed by atoms with Crippen LogP contribution in [0.25, 0.3) is 0 Å². The van der Waals surface area contributed by atoms with Gasteiger partial charge < -0.3 is 15.2 Å². The first-order valence-electron chi connectivity index (χ1n) is 7.02. The molecule has 21 heavy (non-hydrogen) atoms. The van der Waals surface area contributed by atoms with E-state index in [0.29, 0.717) is 17.1 Å². The van der Waals surface area contributed by atoms with Gasteiger partial charge in [0.25, 0.3) is 5.91 Å². The van der Waals surface area contributed by atoms with Gasteiger partial charge in [-0.3, -0.25) is 9.69 Å². The Morgan fingerprint density at radius 3 is 2.62 bits per heavy atom. The first-order chi connectivity index (χ1) is 9.90. The van der Waals surface area contributed by atoms with Crippen LogP contribution >= 0.6 is 11.6 Å². The molecule has 1 unspecified atom stereocenters. The number of phenols is 1. The van der Waals surface area contributed by atoms with Crippen LogP contribution in [0.1, 0.15) is 29.8 Å². The summed E-state index contributed by atoms with van der Waals surface area (Å²) >= 11 is 6.06. The number of benzene rings is 1. The summed E-state index contributed by atoms with van der Waals surface area (Å²) in [4.78, 5) is 14.0. The van der Waals surface area contributed by atoms with Crippen molar-refractivity contribution < 1.29 is 14.6 Å². The second kappa shape index (κ2) is 6.64. The average Bonchev–Trinajstić information content (AvgIpc) is 2.40. The molecule has 1 saturated heterocycles. The number of aromatic hydroxyl groups is 1. The van der Waals surface area contributed by atoms with Crippen molar-refractivity contribution in [1.82, 2.24) is 10.2 Å². The van der Waals surface area contributed by atoms with Crippen LogP contribution in [0.5, 0.6) is 5.75 Å². The Balaban J connectivity index is 2.23. The highest BCUT2D eigenvalue weighted by molar-refractivity contribution is 6.31. The van der Waals surface area contributed by atoms with Crippen molar-refractivity contribution in [1.29, 1.82) is 0 Å². The van der Waals surface area contributed by atoms with E-state index in [2.05, 4.69) is 10.2 Å². The van der Waals surface area contributed by atoms with E-state index in [9.17, 15) is 9.90 Å². The third kappa shape index (κ3) is 3.87. The van der Waals surface area contributed by atoms with E-state index in [-0.39, 0.29) is 29.4 Å². The van der Waals surface area contributed by atoms with Gasteiger partial charge in [0, 0.05) is 37.3 Å². The number of carbonyl (C=O) groups excluding carboxylic acids is 1. The van der Waals surface area contributed by atoms with E-state index < -0.39 is 0 Å². The quantitative estimate of drug-likeness (QED) is 0.896. The normalized spacial score (nSPS) is 23.0. The lowest BCUT2D eigenvalue weighted by atomic mass is 10.1. The third-order valence-corrected chi connectivity index (χ3v) is 3.73. The Bertz CT molecular complexity index is 526. The van der Waals surface area contributed by atoms with Crippen molar-refractivity contribution >= 4 is 17.5 Å². The van der Waals surface area contributed by atoms with Crippen molar-refractivity contribution in [2.75, 3.05) is 20.1 Å². The van der Waals surface area contributed by atoms with Crippen molar-refractivity contribution in [2.24, 2.45) is 0 Å². The second-order valence-electron chi connectivity index (χ2n) is 5.49. The van der Waals surface area contributed by atoms with Gasteiger partial charge in [0.2, 0.25) is 0 Å². The minimum absolute atomic E-state index is 0.00875. The SMILES string of the molecule is CNC(=O)c1cc(Cl)cc(CN2CC(C)O[C@H](C)C2)c1O. The maximum atomic E-state index is 11.8. The highest BCUT2D eigenvalue weighted by Crippen LogP contribution is 2.29. The summed E-state index contributed by atoms with van der Waals surface area (Å²) in [6, 6.07) is 3.18. The topological polar surface area (TPSA) is 61.8 Å². The van der Waals surface area contributed by atoms with Gasteiger partial charge >= 0.3 is 0 Å². The van der Waals surface area contributed by atoms with Gasteiger partial charge in [-0.1, -0.05) is 11.6 Å². The molecule has 1 amide bonds. The summed E-state index contributed by atoms with van der Waals surface area (Å²) in [5.74, 6) is -0.356.